The Morgan fingerprint density at radius 3 is 2.67 bits per heavy atom. The van der Waals surface area contributed by atoms with Gasteiger partial charge in [-0.3, -0.25) is 4.79 Å². The maximum absolute atomic E-state index is 12.3. The second-order valence-electron chi connectivity index (χ2n) is 4.56. The fourth-order valence-corrected chi connectivity index (χ4v) is 2.27. The van der Waals surface area contributed by atoms with Crippen LogP contribution < -0.4 is 0 Å². The number of hydrogen-bond donors (Lipinski definition) is 0. The van der Waals surface area contributed by atoms with E-state index in [9.17, 15) is 4.79 Å². The molecule has 18 heavy (non-hydrogen) atoms. The minimum atomic E-state index is 0.00346. The summed E-state index contributed by atoms with van der Waals surface area (Å²) in [7, 11) is 0. The number of piperidine rings is 1. The van der Waals surface area contributed by atoms with Crippen molar-refractivity contribution in [2.75, 3.05) is 13.1 Å². The highest BCUT2D eigenvalue weighted by Gasteiger charge is 2.25. The lowest BCUT2D eigenvalue weighted by molar-refractivity contribution is 0.0713. The van der Waals surface area contributed by atoms with Crippen LogP contribution in [-0.2, 0) is 0 Å². The molecular weight excluding hydrogens is 232 g/mol. The number of azide groups is 1. The lowest BCUT2D eigenvalue weighted by atomic mass is 10.0. The summed E-state index contributed by atoms with van der Waals surface area (Å²) >= 11 is 0. The van der Waals surface area contributed by atoms with Gasteiger partial charge in [-0.1, -0.05) is 5.11 Å². The predicted octanol–water partition coefficient (Wildman–Crippen LogP) is 2.81. The van der Waals surface area contributed by atoms with Crippen LogP contribution in [0.15, 0.2) is 15.6 Å². The summed E-state index contributed by atoms with van der Waals surface area (Å²) < 4.78 is 5.37. The monoisotopic (exact) mass is 248 g/mol. The van der Waals surface area contributed by atoms with Gasteiger partial charge in [0, 0.05) is 24.0 Å². The lowest BCUT2D eigenvalue weighted by Crippen LogP contribution is -2.39. The summed E-state index contributed by atoms with van der Waals surface area (Å²) in [5, 5.41) is 3.70. The summed E-state index contributed by atoms with van der Waals surface area (Å²) in [6.45, 7) is 4.89. The highest BCUT2D eigenvalue weighted by atomic mass is 16.3. The van der Waals surface area contributed by atoms with Crippen LogP contribution in [0.2, 0.25) is 0 Å². The first-order valence-corrected chi connectivity index (χ1v) is 6.02. The molecule has 6 heteroatoms. The molecule has 1 amide bonds. The molecule has 0 aromatic carbocycles. The smallest absolute Gasteiger partial charge is 0.257 e. The molecule has 2 heterocycles. The maximum atomic E-state index is 12.3. The van der Waals surface area contributed by atoms with Crippen LogP contribution in [0, 0.1) is 13.8 Å². The van der Waals surface area contributed by atoms with Crippen LogP contribution in [-0.4, -0.2) is 29.9 Å². The topological polar surface area (TPSA) is 82.2 Å². The predicted molar refractivity (Wildman–Crippen MR) is 66.3 cm³/mol. The highest BCUT2D eigenvalue weighted by Crippen LogP contribution is 2.20. The fraction of sp³-hybridized carbons (Fsp3) is 0.583. The molecule has 1 aromatic rings. The third kappa shape index (κ3) is 2.49. The van der Waals surface area contributed by atoms with E-state index in [-0.39, 0.29) is 11.9 Å². The van der Waals surface area contributed by atoms with E-state index in [4.69, 9.17) is 9.95 Å². The Morgan fingerprint density at radius 1 is 1.50 bits per heavy atom. The van der Waals surface area contributed by atoms with E-state index in [2.05, 4.69) is 10.0 Å². The molecule has 1 fully saturated rings. The Bertz CT molecular complexity index is 494. The van der Waals surface area contributed by atoms with Gasteiger partial charge in [-0.05, 0) is 38.3 Å². The number of carbonyl (C=O) groups is 1. The molecule has 1 aliphatic rings. The van der Waals surface area contributed by atoms with Crippen LogP contribution in [0.25, 0.3) is 10.4 Å². The zero-order chi connectivity index (χ0) is 13.1. The maximum Gasteiger partial charge on any atom is 0.257 e. The summed E-state index contributed by atoms with van der Waals surface area (Å²) in [6.07, 6.45) is 1.46. The van der Waals surface area contributed by atoms with Crippen molar-refractivity contribution in [2.24, 2.45) is 5.11 Å². The Balaban J connectivity index is 2.03. The van der Waals surface area contributed by atoms with E-state index in [1.807, 2.05) is 6.92 Å². The van der Waals surface area contributed by atoms with Crippen molar-refractivity contribution in [2.45, 2.75) is 32.7 Å². The molecule has 0 bridgehead atoms. The third-order valence-corrected chi connectivity index (χ3v) is 3.24. The van der Waals surface area contributed by atoms with Crippen molar-refractivity contribution < 1.29 is 9.21 Å². The number of nitrogens with zero attached hydrogens (tertiary/aromatic N) is 4. The van der Waals surface area contributed by atoms with Gasteiger partial charge < -0.3 is 9.32 Å². The van der Waals surface area contributed by atoms with Gasteiger partial charge in [-0.25, -0.2) is 0 Å². The normalized spacial score (nSPS) is 16.4. The molecule has 0 aliphatic carbocycles. The first-order chi connectivity index (χ1) is 8.61. The lowest BCUT2D eigenvalue weighted by Gasteiger charge is -2.29. The molecule has 0 N–H and O–H groups in total. The number of hydrogen-bond acceptors (Lipinski definition) is 3. The molecule has 6 nitrogen and oxygen atoms in total. The number of furan rings is 1. The average Bonchev–Trinajstić information content (AvgIpc) is 2.69. The zero-order valence-corrected chi connectivity index (χ0v) is 10.6. The molecule has 1 aromatic heterocycles. The van der Waals surface area contributed by atoms with Crippen molar-refractivity contribution in [1.29, 1.82) is 0 Å². The average molecular weight is 248 g/mol. The minimum absolute atomic E-state index is 0.00346. The van der Waals surface area contributed by atoms with E-state index in [0.717, 1.165) is 18.6 Å². The molecule has 0 spiro atoms. The van der Waals surface area contributed by atoms with Gasteiger partial charge in [0.05, 0.1) is 5.56 Å². The zero-order valence-electron chi connectivity index (χ0n) is 10.6. The summed E-state index contributed by atoms with van der Waals surface area (Å²) in [6, 6.07) is 1.79. The number of carbonyl (C=O) groups excluding carboxylic acids is 1. The van der Waals surface area contributed by atoms with E-state index in [1.165, 1.54) is 0 Å². The molecule has 0 atom stereocenters. The molecule has 1 saturated heterocycles. The second kappa shape index (κ2) is 5.14. The van der Waals surface area contributed by atoms with Crippen molar-refractivity contribution >= 4 is 5.91 Å². The molecular formula is C12H16N4O2. The Hall–Kier alpha value is -1.94. The highest BCUT2D eigenvalue weighted by molar-refractivity contribution is 5.95. The van der Waals surface area contributed by atoms with E-state index < -0.39 is 0 Å². The minimum Gasteiger partial charge on any atom is -0.466 e. The van der Waals surface area contributed by atoms with Gasteiger partial charge in [-0.2, -0.15) is 0 Å². The van der Waals surface area contributed by atoms with Gasteiger partial charge >= 0.3 is 0 Å². The van der Waals surface area contributed by atoms with Crippen LogP contribution in [0.4, 0.5) is 0 Å². The second-order valence-corrected chi connectivity index (χ2v) is 4.56. The summed E-state index contributed by atoms with van der Waals surface area (Å²) in [5.74, 6) is 1.42. The van der Waals surface area contributed by atoms with E-state index in [0.29, 0.717) is 24.4 Å². The van der Waals surface area contributed by atoms with Crippen LogP contribution in [0.5, 0.6) is 0 Å². The summed E-state index contributed by atoms with van der Waals surface area (Å²) in [5.41, 5.74) is 9.01. The Morgan fingerprint density at radius 2 is 2.17 bits per heavy atom. The SMILES string of the molecule is Cc1cc(C(=O)N2CCC(N=[N+]=[N-])CC2)c(C)o1. The number of likely N-dealkylation sites (tertiary alicyclic amines) is 1. The van der Waals surface area contributed by atoms with Crippen molar-refractivity contribution in [3.63, 3.8) is 0 Å². The van der Waals surface area contributed by atoms with Crippen LogP contribution in [0.3, 0.4) is 0 Å². The summed E-state index contributed by atoms with van der Waals surface area (Å²) in [4.78, 5) is 16.9. The fourth-order valence-electron chi connectivity index (χ4n) is 2.27. The number of rotatable bonds is 2. The van der Waals surface area contributed by atoms with Crippen LogP contribution in [0.1, 0.15) is 34.7 Å². The number of aryl methyl sites for hydroxylation is 2. The van der Waals surface area contributed by atoms with Crippen molar-refractivity contribution in [3.05, 3.63) is 33.6 Å². The number of amides is 1. The molecule has 1 aliphatic heterocycles. The Kier molecular flexibility index (Phi) is 3.58. The molecule has 0 unspecified atom stereocenters. The molecule has 2 rings (SSSR count). The van der Waals surface area contributed by atoms with Crippen LogP contribution >= 0.6 is 0 Å². The largest absolute Gasteiger partial charge is 0.466 e. The van der Waals surface area contributed by atoms with Crippen molar-refractivity contribution in [3.8, 4) is 0 Å². The van der Waals surface area contributed by atoms with Gasteiger partial charge in [0.2, 0.25) is 0 Å². The molecule has 0 saturated carbocycles. The molecule has 96 valence electrons. The molecule has 0 radical (unpaired) electrons. The van der Waals surface area contributed by atoms with E-state index in [1.54, 1.807) is 17.9 Å². The quantitative estimate of drug-likeness (QED) is 0.458. The first kappa shape index (κ1) is 12.5. The standard InChI is InChI=1S/C12H16N4O2/c1-8-7-11(9(2)18-8)12(17)16-5-3-10(4-6-16)14-15-13/h7,10H,3-6H2,1-2H3. The van der Waals surface area contributed by atoms with Gasteiger partial charge in [0.15, 0.2) is 0 Å². The van der Waals surface area contributed by atoms with Crippen molar-refractivity contribution in [1.82, 2.24) is 4.90 Å². The van der Waals surface area contributed by atoms with E-state index >= 15 is 0 Å². The van der Waals surface area contributed by atoms with Gasteiger partial charge in [0.1, 0.15) is 11.5 Å². The van der Waals surface area contributed by atoms with Gasteiger partial charge in [-0.15, -0.1) is 0 Å². The Labute approximate surface area is 105 Å². The first-order valence-electron chi connectivity index (χ1n) is 6.02. The van der Waals surface area contributed by atoms with Gasteiger partial charge in [0.25, 0.3) is 5.91 Å². The third-order valence-electron chi connectivity index (χ3n) is 3.24.